The molecule has 0 aliphatic carbocycles. The highest BCUT2D eigenvalue weighted by molar-refractivity contribution is 5.85. The first kappa shape index (κ1) is 14.0. The molecule has 12 heavy (non-hydrogen) atoms. The summed E-state index contributed by atoms with van der Waals surface area (Å²) in [5, 5.41) is 0. The number of nitrogens with two attached hydrogens (primary N) is 2. The van der Waals surface area contributed by atoms with E-state index in [2.05, 4.69) is 9.97 Å². The molecule has 1 aromatic rings. The number of aromatic nitrogens is 2. The maximum atomic E-state index is 5.40. The third kappa shape index (κ3) is 4.33. The van der Waals surface area contributed by atoms with E-state index in [4.69, 9.17) is 11.5 Å². The van der Waals surface area contributed by atoms with Gasteiger partial charge < -0.3 is 11.5 Å². The molecule has 0 aliphatic rings. The summed E-state index contributed by atoms with van der Waals surface area (Å²) < 4.78 is 0. The van der Waals surface area contributed by atoms with Crippen LogP contribution in [0.4, 0.5) is 5.82 Å². The molecule has 0 aliphatic heterocycles. The molecule has 4 nitrogen and oxygen atoms in total. The minimum Gasteiger partial charge on any atom is -0.384 e. The van der Waals surface area contributed by atoms with E-state index in [0.29, 0.717) is 12.4 Å². The lowest BCUT2D eigenvalue weighted by Gasteiger charge is -1.96. The van der Waals surface area contributed by atoms with E-state index in [9.17, 15) is 0 Å². The van der Waals surface area contributed by atoms with Crippen LogP contribution in [0.5, 0.6) is 0 Å². The van der Waals surface area contributed by atoms with Crippen molar-refractivity contribution in [2.75, 3.05) is 12.3 Å². The smallest absolute Gasteiger partial charge is 0.126 e. The van der Waals surface area contributed by atoms with Gasteiger partial charge in [-0.1, -0.05) is 0 Å². The van der Waals surface area contributed by atoms with Gasteiger partial charge in [0.05, 0.1) is 0 Å². The molecule has 0 amide bonds. The molecule has 0 spiro atoms. The molecule has 0 fully saturated rings. The summed E-state index contributed by atoms with van der Waals surface area (Å²) in [5.74, 6) is 0.499. The molecule has 1 aromatic heterocycles. The van der Waals surface area contributed by atoms with Crippen molar-refractivity contribution >= 4 is 30.6 Å². The fraction of sp³-hybridized carbons (Fsp3) is 0.333. The molecular formula is C6H12Cl2N4. The van der Waals surface area contributed by atoms with Crippen molar-refractivity contribution in [3.63, 3.8) is 0 Å². The number of nitrogens with zero attached hydrogens (tertiary/aromatic N) is 2. The van der Waals surface area contributed by atoms with E-state index in [1.54, 1.807) is 6.07 Å². The Morgan fingerprint density at radius 1 is 1.25 bits per heavy atom. The maximum absolute atomic E-state index is 5.40. The molecule has 70 valence electrons. The zero-order valence-corrected chi connectivity index (χ0v) is 8.07. The Morgan fingerprint density at radius 2 is 1.92 bits per heavy atom. The summed E-state index contributed by atoms with van der Waals surface area (Å²) in [7, 11) is 0. The average molecular weight is 211 g/mol. The second kappa shape index (κ2) is 7.09. The molecule has 0 radical (unpaired) electrons. The SMILES string of the molecule is Cl.Cl.NCCc1cc(N)ncn1. The maximum Gasteiger partial charge on any atom is 0.126 e. The zero-order chi connectivity index (χ0) is 7.40. The highest BCUT2D eigenvalue weighted by atomic mass is 35.5. The summed E-state index contributed by atoms with van der Waals surface area (Å²) in [6, 6.07) is 1.73. The molecule has 0 aromatic carbocycles. The van der Waals surface area contributed by atoms with E-state index in [1.165, 1.54) is 6.33 Å². The Morgan fingerprint density at radius 3 is 2.42 bits per heavy atom. The number of anilines is 1. The van der Waals surface area contributed by atoms with Crippen LogP contribution in [-0.4, -0.2) is 16.5 Å². The predicted octanol–water partition coefficient (Wildman–Crippen LogP) is 0.404. The van der Waals surface area contributed by atoms with Gasteiger partial charge in [-0.25, -0.2) is 9.97 Å². The number of rotatable bonds is 2. The van der Waals surface area contributed by atoms with Crippen LogP contribution < -0.4 is 11.5 Å². The predicted molar refractivity (Wildman–Crippen MR) is 53.7 cm³/mol. The van der Waals surface area contributed by atoms with Crippen molar-refractivity contribution in [1.29, 1.82) is 0 Å². The highest BCUT2D eigenvalue weighted by Crippen LogP contribution is 1.97. The van der Waals surface area contributed by atoms with Crippen LogP contribution in [-0.2, 0) is 6.42 Å². The second-order valence-corrected chi connectivity index (χ2v) is 1.97. The molecule has 0 bridgehead atoms. The Kier molecular flexibility index (Phi) is 8.26. The normalized spacial score (nSPS) is 8.08. The third-order valence-corrected chi connectivity index (χ3v) is 1.15. The second-order valence-electron chi connectivity index (χ2n) is 1.97. The van der Waals surface area contributed by atoms with Gasteiger partial charge in [0.2, 0.25) is 0 Å². The van der Waals surface area contributed by atoms with Crippen LogP contribution >= 0.6 is 24.8 Å². The van der Waals surface area contributed by atoms with Crippen LogP contribution in [0.25, 0.3) is 0 Å². The molecule has 0 saturated heterocycles. The number of halogens is 2. The van der Waals surface area contributed by atoms with E-state index >= 15 is 0 Å². The third-order valence-electron chi connectivity index (χ3n) is 1.15. The lowest BCUT2D eigenvalue weighted by molar-refractivity contribution is 0.911. The van der Waals surface area contributed by atoms with Crippen molar-refractivity contribution in [1.82, 2.24) is 9.97 Å². The fourth-order valence-electron chi connectivity index (χ4n) is 0.700. The summed E-state index contributed by atoms with van der Waals surface area (Å²) in [5.41, 5.74) is 11.6. The van der Waals surface area contributed by atoms with E-state index in [1.807, 2.05) is 0 Å². The Labute approximate surface area is 83.6 Å². The summed E-state index contributed by atoms with van der Waals surface area (Å²) in [4.78, 5) is 7.71. The van der Waals surface area contributed by atoms with Crippen LogP contribution in [0.1, 0.15) is 5.69 Å². The van der Waals surface area contributed by atoms with Crippen molar-refractivity contribution in [2.24, 2.45) is 5.73 Å². The summed E-state index contributed by atoms with van der Waals surface area (Å²) in [6.07, 6.45) is 2.20. The molecule has 1 rings (SSSR count). The van der Waals surface area contributed by atoms with E-state index in [0.717, 1.165) is 12.1 Å². The quantitative estimate of drug-likeness (QED) is 0.742. The Bertz CT molecular complexity index is 218. The van der Waals surface area contributed by atoms with Crippen LogP contribution in [0.3, 0.4) is 0 Å². The Hall–Kier alpha value is -0.580. The van der Waals surface area contributed by atoms with Gasteiger partial charge in [0.1, 0.15) is 12.1 Å². The summed E-state index contributed by atoms with van der Waals surface area (Å²) in [6.45, 7) is 0.594. The molecule has 4 N–H and O–H groups in total. The zero-order valence-electron chi connectivity index (χ0n) is 6.43. The minimum absolute atomic E-state index is 0. The minimum atomic E-state index is 0. The van der Waals surface area contributed by atoms with Crippen molar-refractivity contribution in [2.45, 2.75) is 6.42 Å². The van der Waals surface area contributed by atoms with Crippen molar-refractivity contribution in [3.8, 4) is 0 Å². The first-order chi connectivity index (χ1) is 4.83. The Balaban J connectivity index is 0. The van der Waals surface area contributed by atoms with Crippen molar-refractivity contribution in [3.05, 3.63) is 18.1 Å². The average Bonchev–Trinajstić information content (AvgIpc) is 1.88. The van der Waals surface area contributed by atoms with E-state index < -0.39 is 0 Å². The largest absolute Gasteiger partial charge is 0.384 e. The fourth-order valence-corrected chi connectivity index (χ4v) is 0.700. The van der Waals surface area contributed by atoms with Gasteiger partial charge >= 0.3 is 0 Å². The molecular weight excluding hydrogens is 199 g/mol. The van der Waals surface area contributed by atoms with Crippen molar-refractivity contribution < 1.29 is 0 Å². The molecule has 6 heteroatoms. The number of hydrogen-bond acceptors (Lipinski definition) is 4. The van der Waals surface area contributed by atoms with Gasteiger partial charge in [-0.15, -0.1) is 24.8 Å². The topological polar surface area (TPSA) is 77.8 Å². The molecule has 0 unspecified atom stereocenters. The lowest BCUT2D eigenvalue weighted by Crippen LogP contribution is -2.05. The number of hydrogen-bond donors (Lipinski definition) is 2. The first-order valence-electron chi connectivity index (χ1n) is 3.09. The van der Waals surface area contributed by atoms with Crippen LogP contribution in [0, 0.1) is 0 Å². The summed E-state index contributed by atoms with van der Waals surface area (Å²) >= 11 is 0. The van der Waals surface area contributed by atoms with Gasteiger partial charge in [0.15, 0.2) is 0 Å². The van der Waals surface area contributed by atoms with Crippen LogP contribution in [0.2, 0.25) is 0 Å². The van der Waals surface area contributed by atoms with Gasteiger partial charge in [-0.2, -0.15) is 0 Å². The monoisotopic (exact) mass is 210 g/mol. The molecule has 0 saturated carbocycles. The highest BCUT2D eigenvalue weighted by Gasteiger charge is 1.92. The molecule has 0 atom stereocenters. The lowest BCUT2D eigenvalue weighted by atomic mass is 10.3. The molecule has 1 heterocycles. The van der Waals surface area contributed by atoms with Crippen LogP contribution in [0.15, 0.2) is 12.4 Å². The van der Waals surface area contributed by atoms with Gasteiger partial charge in [0.25, 0.3) is 0 Å². The van der Waals surface area contributed by atoms with Gasteiger partial charge in [0, 0.05) is 18.2 Å². The standard InChI is InChI=1S/C6H10N4.2ClH/c7-2-1-5-3-6(8)10-4-9-5;;/h3-4H,1-2,7H2,(H2,8,9,10);2*1H. The number of nitrogen functional groups attached to an aromatic ring is 1. The first-order valence-corrected chi connectivity index (χ1v) is 3.09. The van der Waals surface area contributed by atoms with E-state index in [-0.39, 0.29) is 24.8 Å². The van der Waals surface area contributed by atoms with Gasteiger partial charge in [-0.3, -0.25) is 0 Å². The van der Waals surface area contributed by atoms with Gasteiger partial charge in [-0.05, 0) is 6.54 Å².